The van der Waals surface area contributed by atoms with Gasteiger partial charge in [0.05, 0.1) is 5.56 Å². The van der Waals surface area contributed by atoms with Gasteiger partial charge in [-0.2, -0.15) is 0 Å². The number of nitrogens with one attached hydrogen (secondary N) is 2. The number of aryl methyl sites for hydroxylation is 1. The Bertz CT molecular complexity index is 611. The summed E-state index contributed by atoms with van der Waals surface area (Å²) < 4.78 is 0. The first-order valence-corrected chi connectivity index (χ1v) is 6.33. The average molecular weight is 275 g/mol. The monoisotopic (exact) mass is 274 g/mol. The van der Waals surface area contributed by atoms with Crippen LogP contribution in [0.1, 0.15) is 15.9 Å². The lowest BCUT2D eigenvalue weighted by molar-refractivity contribution is 0.102. The van der Waals surface area contributed by atoms with Gasteiger partial charge >= 0.3 is 0 Å². The van der Waals surface area contributed by atoms with Gasteiger partial charge in [-0.15, -0.1) is 0 Å². The first-order valence-electron chi connectivity index (χ1n) is 5.95. The summed E-state index contributed by atoms with van der Waals surface area (Å²) in [5.74, 6) is -0.161. The molecule has 0 unspecified atom stereocenters. The molecule has 3 nitrogen and oxygen atoms in total. The average Bonchev–Trinajstić information content (AvgIpc) is 2.38. The first-order chi connectivity index (χ1) is 9.10. The van der Waals surface area contributed by atoms with Crippen molar-refractivity contribution in [2.75, 3.05) is 17.7 Å². The Hall–Kier alpha value is -2.00. The molecule has 0 heterocycles. The van der Waals surface area contributed by atoms with Gasteiger partial charge in [0.25, 0.3) is 5.91 Å². The normalized spacial score (nSPS) is 10.1. The highest BCUT2D eigenvalue weighted by Gasteiger charge is 2.11. The number of hydrogen-bond acceptors (Lipinski definition) is 2. The van der Waals surface area contributed by atoms with Crippen LogP contribution >= 0.6 is 11.6 Å². The molecule has 98 valence electrons. The number of benzene rings is 2. The van der Waals surface area contributed by atoms with Crippen molar-refractivity contribution in [3.8, 4) is 0 Å². The zero-order chi connectivity index (χ0) is 13.8. The fourth-order valence-electron chi connectivity index (χ4n) is 1.83. The van der Waals surface area contributed by atoms with Crippen LogP contribution in [0.25, 0.3) is 0 Å². The molecule has 0 radical (unpaired) electrons. The van der Waals surface area contributed by atoms with Crippen LogP contribution in [-0.4, -0.2) is 13.0 Å². The van der Waals surface area contributed by atoms with Crippen molar-refractivity contribution in [1.29, 1.82) is 0 Å². The molecule has 2 rings (SSSR count). The van der Waals surface area contributed by atoms with Crippen LogP contribution < -0.4 is 10.6 Å². The maximum atomic E-state index is 12.2. The predicted molar refractivity (Wildman–Crippen MR) is 80.1 cm³/mol. The van der Waals surface area contributed by atoms with E-state index in [9.17, 15) is 4.79 Å². The molecule has 4 heteroatoms. The molecule has 0 spiro atoms. The van der Waals surface area contributed by atoms with Gasteiger partial charge in [-0.05, 0) is 42.8 Å². The summed E-state index contributed by atoms with van der Waals surface area (Å²) in [5, 5.41) is 6.45. The van der Waals surface area contributed by atoms with Crippen molar-refractivity contribution in [2.24, 2.45) is 0 Å². The van der Waals surface area contributed by atoms with Gasteiger partial charge in [-0.25, -0.2) is 0 Å². The van der Waals surface area contributed by atoms with Crippen LogP contribution in [-0.2, 0) is 0 Å². The lowest BCUT2D eigenvalue weighted by Gasteiger charge is -2.11. The SMILES string of the molecule is CNc1cc(C)ccc1C(=O)Nc1cccc(Cl)c1. The van der Waals surface area contributed by atoms with E-state index in [0.29, 0.717) is 16.3 Å². The Kier molecular flexibility index (Phi) is 4.07. The van der Waals surface area contributed by atoms with Crippen LogP contribution in [0.5, 0.6) is 0 Å². The van der Waals surface area contributed by atoms with Gasteiger partial charge in [0.2, 0.25) is 0 Å². The minimum atomic E-state index is -0.161. The highest BCUT2D eigenvalue weighted by atomic mass is 35.5. The van der Waals surface area contributed by atoms with Gasteiger partial charge in [0.1, 0.15) is 0 Å². The van der Waals surface area contributed by atoms with Crippen molar-refractivity contribution < 1.29 is 4.79 Å². The second-order valence-corrected chi connectivity index (χ2v) is 4.70. The van der Waals surface area contributed by atoms with Crippen LogP contribution in [0, 0.1) is 6.92 Å². The molecule has 2 aromatic rings. The van der Waals surface area contributed by atoms with E-state index in [1.807, 2.05) is 19.1 Å². The number of carbonyl (C=O) groups excluding carboxylic acids is 1. The van der Waals surface area contributed by atoms with Crippen molar-refractivity contribution in [2.45, 2.75) is 6.92 Å². The molecule has 0 saturated heterocycles. The minimum absolute atomic E-state index is 0.161. The maximum absolute atomic E-state index is 12.2. The van der Waals surface area contributed by atoms with E-state index in [-0.39, 0.29) is 5.91 Å². The highest BCUT2D eigenvalue weighted by molar-refractivity contribution is 6.31. The van der Waals surface area contributed by atoms with E-state index in [4.69, 9.17) is 11.6 Å². The Morgan fingerprint density at radius 1 is 1.16 bits per heavy atom. The van der Waals surface area contributed by atoms with Crippen LogP contribution in [0.4, 0.5) is 11.4 Å². The quantitative estimate of drug-likeness (QED) is 0.890. The number of carbonyl (C=O) groups is 1. The summed E-state index contributed by atoms with van der Waals surface area (Å²) in [6, 6.07) is 12.7. The second kappa shape index (κ2) is 5.76. The summed E-state index contributed by atoms with van der Waals surface area (Å²) in [6.07, 6.45) is 0. The smallest absolute Gasteiger partial charge is 0.257 e. The van der Waals surface area contributed by atoms with Gasteiger partial charge in [-0.1, -0.05) is 23.7 Å². The zero-order valence-corrected chi connectivity index (χ0v) is 11.6. The van der Waals surface area contributed by atoms with E-state index < -0.39 is 0 Å². The highest BCUT2D eigenvalue weighted by Crippen LogP contribution is 2.20. The number of halogens is 1. The third-order valence-corrected chi connectivity index (χ3v) is 3.01. The molecule has 2 aromatic carbocycles. The van der Waals surface area contributed by atoms with E-state index in [1.54, 1.807) is 37.4 Å². The number of rotatable bonds is 3. The number of hydrogen-bond donors (Lipinski definition) is 2. The summed E-state index contributed by atoms with van der Waals surface area (Å²) in [6.45, 7) is 1.99. The predicted octanol–water partition coefficient (Wildman–Crippen LogP) is 3.94. The molecule has 0 atom stereocenters. The molecular formula is C15H15ClN2O. The van der Waals surface area contributed by atoms with Crippen molar-refractivity contribution >= 4 is 28.9 Å². The third kappa shape index (κ3) is 3.26. The summed E-state index contributed by atoms with van der Waals surface area (Å²) in [4.78, 5) is 12.2. The molecule has 0 aliphatic heterocycles. The van der Waals surface area contributed by atoms with Crippen molar-refractivity contribution in [3.05, 3.63) is 58.6 Å². The summed E-state index contributed by atoms with van der Waals surface area (Å²) in [7, 11) is 1.80. The summed E-state index contributed by atoms with van der Waals surface area (Å²) >= 11 is 5.89. The Labute approximate surface area is 117 Å². The van der Waals surface area contributed by atoms with Gasteiger partial charge < -0.3 is 10.6 Å². The molecular weight excluding hydrogens is 260 g/mol. The molecule has 1 amide bonds. The number of anilines is 2. The molecule has 0 saturated carbocycles. The van der Waals surface area contributed by atoms with E-state index >= 15 is 0 Å². The van der Waals surface area contributed by atoms with Crippen LogP contribution in [0.2, 0.25) is 5.02 Å². The van der Waals surface area contributed by atoms with E-state index in [0.717, 1.165) is 11.3 Å². The third-order valence-electron chi connectivity index (χ3n) is 2.77. The first kappa shape index (κ1) is 13.4. The molecule has 0 fully saturated rings. The fourth-order valence-corrected chi connectivity index (χ4v) is 2.02. The lowest BCUT2D eigenvalue weighted by atomic mass is 10.1. The molecule has 0 aromatic heterocycles. The van der Waals surface area contributed by atoms with Crippen LogP contribution in [0.3, 0.4) is 0 Å². The van der Waals surface area contributed by atoms with Gasteiger partial charge in [0.15, 0.2) is 0 Å². The molecule has 0 aliphatic rings. The van der Waals surface area contributed by atoms with E-state index in [1.165, 1.54) is 0 Å². The Morgan fingerprint density at radius 2 is 1.95 bits per heavy atom. The topological polar surface area (TPSA) is 41.1 Å². The molecule has 0 aliphatic carbocycles. The van der Waals surface area contributed by atoms with Crippen molar-refractivity contribution in [3.63, 3.8) is 0 Å². The largest absolute Gasteiger partial charge is 0.387 e. The second-order valence-electron chi connectivity index (χ2n) is 4.26. The van der Waals surface area contributed by atoms with Gasteiger partial charge in [-0.3, -0.25) is 4.79 Å². The molecule has 0 bridgehead atoms. The summed E-state index contributed by atoms with van der Waals surface area (Å²) in [5.41, 5.74) is 3.19. The number of amides is 1. The maximum Gasteiger partial charge on any atom is 0.257 e. The van der Waals surface area contributed by atoms with Crippen molar-refractivity contribution in [1.82, 2.24) is 0 Å². The Balaban J connectivity index is 2.25. The zero-order valence-electron chi connectivity index (χ0n) is 10.8. The van der Waals surface area contributed by atoms with E-state index in [2.05, 4.69) is 10.6 Å². The van der Waals surface area contributed by atoms with Crippen LogP contribution in [0.15, 0.2) is 42.5 Å². The molecule has 19 heavy (non-hydrogen) atoms. The molecule has 2 N–H and O–H groups in total. The fraction of sp³-hybridized carbons (Fsp3) is 0.133. The minimum Gasteiger partial charge on any atom is -0.387 e. The standard InChI is InChI=1S/C15H15ClN2O/c1-10-6-7-13(14(8-10)17-2)15(19)18-12-5-3-4-11(16)9-12/h3-9,17H,1-2H3,(H,18,19). The lowest BCUT2D eigenvalue weighted by Crippen LogP contribution is -2.14. The van der Waals surface area contributed by atoms with Gasteiger partial charge in [0, 0.05) is 23.4 Å². The Morgan fingerprint density at radius 3 is 2.63 bits per heavy atom.